The van der Waals surface area contributed by atoms with Gasteiger partial charge >= 0.3 is 6.18 Å². The van der Waals surface area contributed by atoms with Gasteiger partial charge in [0, 0.05) is 25.8 Å². The number of halogens is 4. The lowest BCUT2D eigenvalue weighted by atomic mass is 10.1. The molecule has 0 saturated carbocycles. The monoisotopic (exact) mass is 362 g/mol. The maximum Gasteiger partial charge on any atom is 0.416 e. The predicted octanol–water partition coefficient (Wildman–Crippen LogP) is 2.05. The van der Waals surface area contributed by atoms with Crippen LogP contribution in [-0.4, -0.2) is 54.5 Å². The maximum absolute atomic E-state index is 14.0. The number of carbonyl (C=O) groups excluding carboxylic acids is 2. The molecule has 9 heteroatoms. The maximum atomic E-state index is 14.0. The summed E-state index contributed by atoms with van der Waals surface area (Å²) in [6.45, 7) is 1.59. The van der Waals surface area contributed by atoms with Crippen molar-refractivity contribution in [3.05, 3.63) is 35.1 Å². The highest BCUT2D eigenvalue weighted by Crippen LogP contribution is 2.30. The lowest BCUT2D eigenvalue weighted by Crippen LogP contribution is -2.58. The van der Waals surface area contributed by atoms with Gasteiger partial charge in [0.15, 0.2) is 0 Å². The Morgan fingerprint density at radius 1 is 1.28 bits per heavy atom. The van der Waals surface area contributed by atoms with Gasteiger partial charge in [-0.2, -0.15) is 13.2 Å². The minimum Gasteiger partial charge on any atom is -0.383 e. The second-order valence-electron chi connectivity index (χ2n) is 5.75. The summed E-state index contributed by atoms with van der Waals surface area (Å²) in [5.74, 6) is -1.78. The van der Waals surface area contributed by atoms with Crippen molar-refractivity contribution in [3.63, 3.8) is 0 Å². The van der Waals surface area contributed by atoms with Crippen LogP contribution in [0.1, 0.15) is 18.1 Å². The predicted molar refractivity (Wildman–Crippen MR) is 79.9 cm³/mol. The van der Waals surface area contributed by atoms with Crippen LogP contribution >= 0.6 is 0 Å². The number of benzene rings is 1. The third-order valence-electron chi connectivity index (χ3n) is 4.07. The van der Waals surface area contributed by atoms with Crippen molar-refractivity contribution in [2.24, 2.45) is 0 Å². The van der Waals surface area contributed by atoms with Gasteiger partial charge in [0.05, 0.1) is 18.7 Å². The lowest BCUT2D eigenvalue weighted by Gasteiger charge is -2.38. The molecule has 0 aromatic heterocycles. The fourth-order valence-corrected chi connectivity index (χ4v) is 2.60. The van der Waals surface area contributed by atoms with Gasteiger partial charge in [-0.3, -0.25) is 9.59 Å². The minimum absolute atomic E-state index is 0.0775. The molecule has 0 spiro atoms. The summed E-state index contributed by atoms with van der Waals surface area (Å²) in [6.07, 6.45) is -4.65. The first-order chi connectivity index (χ1) is 11.6. The third kappa shape index (κ3) is 4.28. The number of amides is 2. The number of ether oxygens (including phenoxy) is 1. The van der Waals surface area contributed by atoms with Crippen LogP contribution in [0.25, 0.3) is 0 Å². The number of nitrogens with zero attached hydrogens (tertiary/aromatic N) is 2. The van der Waals surface area contributed by atoms with E-state index < -0.39 is 29.5 Å². The Labute approximate surface area is 142 Å². The Morgan fingerprint density at radius 3 is 2.52 bits per heavy atom. The van der Waals surface area contributed by atoms with E-state index in [1.54, 1.807) is 0 Å². The van der Waals surface area contributed by atoms with Crippen molar-refractivity contribution < 1.29 is 31.9 Å². The molecule has 1 heterocycles. The number of piperazine rings is 1. The summed E-state index contributed by atoms with van der Waals surface area (Å²) in [4.78, 5) is 27.0. The lowest BCUT2D eigenvalue weighted by molar-refractivity contribution is -0.156. The van der Waals surface area contributed by atoms with Crippen LogP contribution in [0.4, 0.5) is 17.6 Å². The average Bonchev–Trinajstić information content (AvgIpc) is 2.54. The Morgan fingerprint density at radius 2 is 1.96 bits per heavy atom. The Hall–Kier alpha value is -2.16. The van der Waals surface area contributed by atoms with E-state index in [-0.39, 0.29) is 37.7 Å². The highest BCUT2D eigenvalue weighted by Gasteiger charge is 2.37. The zero-order valence-corrected chi connectivity index (χ0v) is 13.8. The number of methoxy groups -OCH3 is 1. The molecule has 1 aliphatic heterocycles. The fourth-order valence-electron chi connectivity index (χ4n) is 2.60. The number of hydrogen-bond donors (Lipinski definition) is 0. The van der Waals surface area contributed by atoms with Crippen molar-refractivity contribution in [3.8, 4) is 0 Å². The van der Waals surface area contributed by atoms with Gasteiger partial charge in [-0.05, 0) is 19.1 Å². The van der Waals surface area contributed by atoms with Gasteiger partial charge in [-0.15, -0.1) is 0 Å². The first kappa shape index (κ1) is 19.2. The highest BCUT2D eigenvalue weighted by atomic mass is 19.4. The van der Waals surface area contributed by atoms with Crippen molar-refractivity contribution in [2.45, 2.75) is 25.7 Å². The molecule has 0 bridgehead atoms. The molecule has 0 radical (unpaired) electrons. The van der Waals surface area contributed by atoms with E-state index in [9.17, 15) is 27.2 Å². The van der Waals surface area contributed by atoms with Gasteiger partial charge in [0.25, 0.3) is 0 Å². The van der Waals surface area contributed by atoms with Gasteiger partial charge in [0.1, 0.15) is 11.9 Å². The van der Waals surface area contributed by atoms with Crippen LogP contribution < -0.4 is 0 Å². The minimum atomic E-state index is -4.65. The molecule has 0 N–H and O–H groups in total. The van der Waals surface area contributed by atoms with E-state index in [0.717, 1.165) is 17.0 Å². The van der Waals surface area contributed by atoms with Crippen LogP contribution in [0.15, 0.2) is 18.2 Å². The second-order valence-corrected chi connectivity index (χ2v) is 5.75. The standard InChI is InChI=1S/C16H18F4N2O3/c1-10-15(24)21(5-6-25-2)9-14(23)22(10)8-11-3-4-12(7-13(11)17)16(18,19)20/h3-4,7,10H,5-6,8-9H2,1-2H3/t10-/m0/s1. The fraction of sp³-hybridized carbons (Fsp3) is 0.500. The van der Waals surface area contributed by atoms with E-state index in [1.807, 2.05) is 0 Å². The second kappa shape index (κ2) is 7.38. The largest absolute Gasteiger partial charge is 0.416 e. The van der Waals surface area contributed by atoms with E-state index in [2.05, 4.69) is 0 Å². The number of carbonyl (C=O) groups is 2. The average molecular weight is 362 g/mol. The molecular formula is C16H18F4N2O3. The summed E-state index contributed by atoms with van der Waals surface area (Å²) < 4.78 is 56.6. The molecule has 0 aliphatic carbocycles. The van der Waals surface area contributed by atoms with Crippen LogP contribution in [0, 0.1) is 5.82 Å². The van der Waals surface area contributed by atoms with Crippen molar-refractivity contribution in [1.29, 1.82) is 0 Å². The molecule has 1 fully saturated rings. The van der Waals surface area contributed by atoms with Gasteiger partial charge in [-0.25, -0.2) is 4.39 Å². The van der Waals surface area contributed by atoms with Crippen LogP contribution in [0.2, 0.25) is 0 Å². The topological polar surface area (TPSA) is 49.9 Å². The summed E-state index contributed by atoms with van der Waals surface area (Å²) in [5.41, 5.74) is -1.18. The Balaban J connectivity index is 2.15. The van der Waals surface area contributed by atoms with Crippen molar-refractivity contribution in [2.75, 3.05) is 26.8 Å². The quantitative estimate of drug-likeness (QED) is 0.754. The smallest absolute Gasteiger partial charge is 0.383 e. The molecule has 2 rings (SSSR count). The summed E-state index contributed by atoms with van der Waals surface area (Å²) in [6, 6.07) is 1.30. The molecule has 1 aromatic rings. The van der Waals surface area contributed by atoms with E-state index in [0.29, 0.717) is 6.07 Å². The Bertz CT molecular complexity index is 663. The molecule has 1 saturated heterocycles. The number of hydrogen-bond acceptors (Lipinski definition) is 3. The zero-order valence-electron chi connectivity index (χ0n) is 13.8. The molecule has 5 nitrogen and oxygen atoms in total. The van der Waals surface area contributed by atoms with E-state index in [4.69, 9.17) is 4.74 Å². The molecule has 1 aliphatic rings. The zero-order chi connectivity index (χ0) is 18.8. The summed E-state index contributed by atoms with van der Waals surface area (Å²) in [5, 5.41) is 0. The third-order valence-corrected chi connectivity index (χ3v) is 4.07. The van der Waals surface area contributed by atoms with Gasteiger partial charge in [-0.1, -0.05) is 6.07 Å². The molecule has 1 atom stereocenters. The first-order valence-corrected chi connectivity index (χ1v) is 7.58. The van der Waals surface area contributed by atoms with E-state index in [1.165, 1.54) is 18.9 Å². The normalized spacial score (nSPS) is 18.9. The molecule has 2 amide bonds. The molecule has 138 valence electrons. The van der Waals surface area contributed by atoms with Gasteiger partial charge in [0.2, 0.25) is 11.8 Å². The van der Waals surface area contributed by atoms with Crippen molar-refractivity contribution >= 4 is 11.8 Å². The van der Waals surface area contributed by atoms with Crippen LogP contribution in [0.5, 0.6) is 0 Å². The summed E-state index contributed by atoms with van der Waals surface area (Å²) >= 11 is 0. The molecular weight excluding hydrogens is 344 g/mol. The highest BCUT2D eigenvalue weighted by molar-refractivity contribution is 5.94. The van der Waals surface area contributed by atoms with Crippen molar-refractivity contribution in [1.82, 2.24) is 9.80 Å². The number of alkyl halides is 3. The van der Waals surface area contributed by atoms with Crippen LogP contribution in [0.3, 0.4) is 0 Å². The molecule has 25 heavy (non-hydrogen) atoms. The van der Waals surface area contributed by atoms with E-state index >= 15 is 0 Å². The van der Waals surface area contributed by atoms with Crippen LogP contribution in [-0.2, 0) is 27.0 Å². The molecule has 1 aromatic carbocycles. The van der Waals surface area contributed by atoms with Gasteiger partial charge < -0.3 is 14.5 Å². The Kier molecular flexibility index (Phi) is 5.66. The summed E-state index contributed by atoms with van der Waals surface area (Å²) in [7, 11) is 1.47. The first-order valence-electron chi connectivity index (χ1n) is 7.58. The number of rotatable bonds is 5. The SMILES string of the molecule is COCCN1CC(=O)N(Cc2ccc(C(F)(F)F)cc2F)[C@@H](C)C1=O. The molecule has 0 unspecified atom stereocenters.